The molecule has 0 bridgehead atoms. The van der Waals surface area contributed by atoms with Gasteiger partial charge in [-0.1, -0.05) is 18.2 Å². The molecule has 0 aliphatic rings. The van der Waals surface area contributed by atoms with Gasteiger partial charge in [-0.25, -0.2) is 4.98 Å². The lowest BCUT2D eigenvalue weighted by atomic mass is 10.2. The van der Waals surface area contributed by atoms with Gasteiger partial charge in [0.1, 0.15) is 5.75 Å². The highest BCUT2D eigenvalue weighted by Gasteiger charge is 2.10. The number of aromatic nitrogens is 3. The molecule has 22 heavy (non-hydrogen) atoms. The van der Waals surface area contributed by atoms with Crippen molar-refractivity contribution in [3.05, 3.63) is 58.9 Å². The summed E-state index contributed by atoms with van der Waals surface area (Å²) in [7, 11) is 1.89. The van der Waals surface area contributed by atoms with Gasteiger partial charge in [-0.2, -0.15) is 0 Å². The minimum Gasteiger partial charge on any atom is -0.491 e. The molecule has 5 heteroatoms. The maximum Gasteiger partial charge on any atom is 0.263 e. The monoisotopic (exact) mass is 297 g/mol. The Balaban J connectivity index is 2.00. The predicted molar refractivity (Wildman–Crippen MR) is 86.3 cm³/mol. The number of ether oxygens (including phenoxy) is 1. The molecular formula is C17H19N3O2. The molecule has 0 aliphatic heterocycles. The number of para-hydroxylation sites is 1. The Morgan fingerprint density at radius 3 is 2.77 bits per heavy atom. The molecule has 3 rings (SSSR count). The third-order valence-electron chi connectivity index (χ3n) is 3.44. The van der Waals surface area contributed by atoms with Crippen molar-refractivity contribution in [1.29, 1.82) is 0 Å². The van der Waals surface area contributed by atoms with Crippen molar-refractivity contribution in [2.45, 2.75) is 26.5 Å². The van der Waals surface area contributed by atoms with Gasteiger partial charge in [0, 0.05) is 25.0 Å². The van der Waals surface area contributed by atoms with Crippen molar-refractivity contribution >= 4 is 10.9 Å². The molecule has 0 N–H and O–H groups in total. The molecule has 0 fully saturated rings. The molecule has 0 spiro atoms. The number of nitrogens with zero attached hydrogens (tertiary/aromatic N) is 3. The number of hydrogen-bond acceptors (Lipinski definition) is 3. The van der Waals surface area contributed by atoms with E-state index in [1.54, 1.807) is 17.1 Å². The summed E-state index contributed by atoms with van der Waals surface area (Å²) < 4.78 is 9.27. The van der Waals surface area contributed by atoms with Gasteiger partial charge in [-0.05, 0) is 19.9 Å². The smallest absolute Gasteiger partial charge is 0.263 e. The molecule has 5 nitrogen and oxygen atoms in total. The summed E-state index contributed by atoms with van der Waals surface area (Å²) in [6.07, 6.45) is 5.33. The van der Waals surface area contributed by atoms with Crippen LogP contribution in [0.4, 0.5) is 0 Å². The number of aryl methyl sites for hydroxylation is 1. The Morgan fingerprint density at radius 1 is 1.23 bits per heavy atom. The SMILES string of the molecule is CC(C)Oc1ccccc1Cn1cnc2cn(C)cc2c1=O. The lowest BCUT2D eigenvalue weighted by Gasteiger charge is -2.14. The molecule has 2 heterocycles. The summed E-state index contributed by atoms with van der Waals surface area (Å²) in [6, 6.07) is 7.78. The predicted octanol–water partition coefficient (Wildman–Crippen LogP) is 2.57. The van der Waals surface area contributed by atoms with Crippen LogP contribution in [0.5, 0.6) is 5.75 Å². The first-order valence-corrected chi connectivity index (χ1v) is 7.30. The first kappa shape index (κ1) is 14.4. The third kappa shape index (κ3) is 2.74. The summed E-state index contributed by atoms with van der Waals surface area (Å²) in [6.45, 7) is 4.42. The van der Waals surface area contributed by atoms with Gasteiger partial charge in [0.15, 0.2) is 0 Å². The Hall–Kier alpha value is -2.56. The standard InChI is InChI=1S/C17H19N3O2/c1-12(2)22-16-7-5-4-6-13(16)8-20-11-18-15-10-19(3)9-14(15)17(20)21/h4-7,9-12H,8H2,1-3H3. The van der Waals surface area contributed by atoms with Crippen molar-refractivity contribution in [3.63, 3.8) is 0 Å². The molecule has 0 radical (unpaired) electrons. The van der Waals surface area contributed by atoms with Crippen molar-refractivity contribution in [1.82, 2.24) is 14.1 Å². The van der Waals surface area contributed by atoms with E-state index in [4.69, 9.17) is 4.74 Å². The number of fused-ring (bicyclic) bond motifs is 1. The Labute approximate surface area is 128 Å². The molecular weight excluding hydrogens is 278 g/mol. The van der Waals surface area contributed by atoms with Gasteiger partial charge in [-0.3, -0.25) is 9.36 Å². The summed E-state index contributed by atoms with van der Waals surface area (Å²) in [5, 5.41) is 0.632. The van der Waals surface area contributed by atoms with Gasteiger partial charge in [0.25, 0.3) is 5.56 Å². The fourth-order valence-electron chi connectivity index (χ4n) is 2.48. The summed E-state index contributed by atoms with van der Waals surface area (Å²) >= 11 is 0. The van der Waals surface area contributed by atoms with E-state index in [1.807, 2.05) is 55.9 Å². The number of hydrogen-bond donors (Lipinski definition) is 0. The van der Waals surface area contributed by atoms with E-state index in [-0.39, 0.29) is 11.7 Å². The molecule has 0 saturated carbocycles. The third-order valence-corrected chi connectivity index (χ3v) is 3.44. The maximum atomic E-state index is 12.5. The summed E-state index contributed by atoms with van der Waals surface area (Å²) in [4.78, 5) is 16.9. The van der Waals surface area contributed by atoms with Crippen LogP contribution in [-0.2, 0) is 13.6 Å². The fraction of sp³-hybridized carbons (Fsp3) is 0.294. The quantitative estimate of drug-likeness (QED) is 0.743. The van der Waals surface area contributed by atoms with Gasteiger partial charge in [0.05, 0.1) is 29.9 Å². The Kier molecular flexibility index (Phi) is 3.71. The summed E-state index contributed by atoms with van der Waals surface area (Å²) in [5.41, 5.74) is 1.65. The molecule has 0 unspecified atom stereocenters. The van der Waals surface area contributed by atoms with Crippen LogP contribution in [0.3, 0.4) is 0 Å². The maximum absolute atomic E-state index is 12.5. The Bertz CT molecular complexity index is 862. The molecule has 3 aromatic rings. The van der Waals surface area contributed by atoms with E-state index >= 15 is 0 Å². The molecule has 1 aromatic carbocycles. The lowest BCUT2D eigenvalue weighted by Crippen LogP contribution is -2.21. The average molecular weight is 297 g/mol. The van der Waals surface area contributed by atoms with Gasteiger partial charge in [-0.15, -0.1) is 0 Å². The highest BCUT2D eigenvalue weighted by molar-refractivity contribution is 5.76. The van der Waals surface area contributed by atoms with Crippen LogP contribution in [0.25, 0.3) is 10.9 Å². The summed E-state index contributed by atoms with van der Waals surface area (Å²) in [5.74, 6) is 0.803. The van der Waals surface area contributed by atoms with E-state index in [9.17, 15) is 4.79 Å². The van der Waals surface area contributed by atoms with Gasteiger partial charge < -0.3 is 9.30 Å². The van der Waals surface area contributed by atoms with Crippen LogP contribution < -0.4 is 10.3 Å². The van der Waals surface area contributed by atoms with Crippen molar-refractivity contribution in [2.75, 3.05) is 0 Å². The molecule has 114 valence electrons. The van der Waals surface area contributed by atoms with Crippen LogP contribution in [0.15, 0.2) is 47.8 Å². The fourth-order valence-corrected chi connectivity index (χ4v) is 2.48. The van der Waals surface area contributed by atoms with E-state index in [0.717, 1.165) is 16.8 Å². The van der Waals surface area contributed by atoms with Crippen LogP contribution in [0.2, 0.25) is 0 Å². The minimum absolute atomic E-state index is 0.0371. The van der Waals surface area contributed by atoms with Gasteiger partial charge in [0.2, 0.25) is 0 Å². The van der Waals surface area contributed by atoms with Crippen LogP contribution in [0, 0.1) is 0 Å². The topological polar surface area (TPSA) is 49.0 Å². The van der Waals surface area contributed by atoms with E-state index in [1.165, 1.54) is 0 Å². The zero-order valence-electron chi connectivity index (χ0n) is 13.0. The zero-order valence-corrected chi connectivity index (χ0v) is 13.0. The van der Waals surface area contributed by atoms with Crippen molar-refractivity contribution < 1.29 is 4.74 Å². The minimum atomic E-state index is -0.0371. The van der Waals surface area contributed by atoms with E-state index < -0.39 is 0 Å². The molecule has 0 atom stereocenters. The second-order valence-electron chi connectivity index (χ2n) is 5.67. The van der Waals surface area contributed by atoms with Crippen LogP contribution in [-0.4, -0.2) is 20.2 Å². The largest absolute Gasteiger partial charge is 0.491 e. The van der Waals surface area contributed by atoms with E-state index in [2.05, 4.69) is 4.98 Å². The average Bonchev–Trinajstić information content (AvgIpc) is 2.85. The molecule has 0 amide bonds. The lowest BCUT2D eigenvalue weighted by molar-refractivity contribution is 0.239. The normalized spacial score (nSPS) is 11.3. The zero-order chi connectivity index (χ0) is 15.7. The first-order chi connectivity index (χ1) is 10.5. The van der Waals surface area contributed by atoms with E-state index in [0.29, 0.717) is 11.9 Å². The molecule has 2 aromatic heterocycles. The first-order valence-electron chi connectivity index (χ1n) is 7.30. The second-order valence-corrected chi connectivity index (χ2v) is 5.67. The highest BCUT2D eigenvalue weighted by atomic mass is 16.5. The van der Waals surface area contributed by atoms with Gasteiger partial charge >= 0.3 is 0 Å². The van der Waals surface area contributed by atoms with Crippen LogP contribution >= 0.6 is 0 Å². The Morgan fingerprint density at radius 2 is 2.00 bits per heavy atom. The number of benzene rings is 1. The van der Waals surface area contributed by atoms with Crippen molar-refractivity contribution in [2.24, 2.45) is 7.05 Å². The van der Waals surface area contributed by atoms with Crippen molar-refractivity contribution in [3.8, 4) is 5.75 Å². The molecule has 0 saturated heterocycles. The second kappa shape index (κ2) is 5.67. The highest BCUT2D eigenvalue weighted by Crippen LogP contribution is 2.20. The van der Waals surface area contributed by atoms with Crippen LogP contribution in [0.1, 0.15) is 19.4 Å². The number of rotatable bonds is 4. The molecule has 0 aliphatic carbocycles.